The van der Waals surface area contributed by atoms with Crippen molar-refractivity contribution in [2.45, 2.75) is 66.0 Å². The number of halogens is 1. The first kappa shape index (κ1) is 36.2. The van der Waals surface area contributed by atoms with Crippen molar-refractivity contribution in [1.29, 1.82) is 0 Å². The molecule has 0 spiro atoms. The predicted octanol–water partition coefficient (Wildman–Crippen LogP) is 5.16. The molecule has 0 bridgehead atoms. The van der Waals surface area contributed by atoms with Crippen molar-refractivity contribution >= 4 is 62.8 Å². The highest BCUT2D eigenvalue weighted by molar-refractivity contribution is 7.15. The van der Waals surface area contributed by atoms with Gasteiger partial charge in [0.1, 0.15) is 22.9 Å². The monoisotopic (exact) mass is 753 g/mol. The van der Waals surface area contributed by atoms with Gasteiger partial charge in [-0.15, -0.1) is 21.5 Å². The lowest BCUT2D eigenvalue weighted by Crippen LogP contribution is -2.39. The number of nitrogens with one attached hydrogen (secondary N) is 2. The maximum Gasteiger partial charge on any atom is 0.277 e. The third-order valence-corrected chi connectivity index (χ3v) is 11.5. The Labute approximate surface area is 315 Å². The fourth-order valence-corrected chi connectivity index (χ4v) is 8.37. The number of amides is 3. The van der Waals surface area contributed by atoms with Gasteiger partial charge in [-0.05, 0) is 63.8 Å². The number of fused-ring (bicyclic) bond motifs is 4. The summed E-state index contributed by atoms with van der Waals surface area (Å²) in [6, 6.07) is 11.6. The zero-order valence-electron chi connectivity index (χ0n) is 30.1. The molecule has 3 amide bonds. The van der Waals surface area contributed by atoms with E-state index >= 15 is 0 Å². The van der Waals surface area contributed by atoms with E-state index in [1.54, 1.807) is 31.4 Å². The Morgan fingerprint density at radius 2 is 1.83 bits per heavy atom. The van der Waals surface area contributed by atoms with Gasteiger partial charge in [0, 0.05) is 52.5 Å². The first-order valence-corrected chi connectivity index (χ1v) is 18.9. The van der Waals surface area contributed by atoms with Crippen LogP contribution in [0.1, 0.15) is 78.4 Å². The molecule has 5 aromatic rings. The van der Waals surface area contributed by atoms with Crippen LogP contribution in [0.4, 0.5) is 5.69 Å². The van der Waals surface area contributed by atoms with Gasteiger partial charge in [-0.1, -0.05) is 42.8 Å². The highest BCUT2D eigenvalue weighted by Crippen LogP contribution is 2.39. The zero-order valence-corrected chi connectivity index (χ0v) is 31.7. The highest BCUT2D eigenvalue weighted by Gasteiger charge is 2.33. The van der Waals surface area contributed by atoms with Crippen molar-refractivity contribution in [1.82, 2.24) is 35.2 Å². The molecule has 3 atom stereocenters. The van der Waals surface area contributed by atoms with Gasteiger partial charge in [0.2, 0.25) is 11.8 Å². The summed E-state index contributed by atoms with van der Waals surface area (Å²) in [5.41, 5.74) is 4.16. The number of hydrogen-bond acceptors (Lipinski definition) is 10. The van der Waals surface area contributed by atoms with Crippen molar-refractivity contribution in [3.63, 3.8) is 0 Å². The van der Waals surface area contributed by atoms with Gasteiger partial charge in [0.25, 0.3) is 11.5 Å². The van der Waals surface area contributed by atoms with Gasteiger partial charge in [-0.2, -0.15) is 5.10 Å². The number of rotatable bonds is 9. The molecule has 5 heterocycles. The summed E-state index contributed by atoms with van der Waals surface area (Å²) < 4.78 is 3.15. The Balaban J connectivity index is 1.08. The Hall–Kier alpha value is -5.21. The number of hydrogen-bond donors (Lipinski definition) is 2. The average molecular weight is 754 g/mol. The molecule has 0 aliphatic carbocycles. The number of imide groups is 1. The second-order valence-electron chi connectivity index (χ2n) is 13.6. The largest absolute Gasteiger partial charge is 0.371 e. The molecule has 7 rings (SSSR count). The van der Waals surface area contributed by atoms with Crippen LogP contribution in [0.5, 0.6) is 0 Å². The van der Waals surface area contributed by atoms with E-state index in [9.17, 15) is 19.2 Å². The number of carbonyl (C=O) groups is 3. The molecule has 3 aromatic heterocycles. The molecule has 2 N–H and O–H groups in total. The summed E-state index contributed by atoms with van der Waals surface area (Å²) in [6.45, 7) is 11.0. The zero-order chi connectivity index (χ0) is 37.6. The lowest BCUT2D eigenvalue weighted by atomic mass is 9.99. The van der Waals surface area contributed by atoms with Crippen LogP contribution in [0, 0.1) is 26.7 Å². The summed E-state index contributed by atoms with van der Waals surface area (Å²) in [5.74, 6) is 0.326. The molecule has 15 heteroatoms. The number of benzene rings is 2. The van der Waals surface area contributed by atoms with Gasteiger partial charge in [0.05, 0.1) is 29.4 Å². The van der Waals surface area contributed by atoms with Crippen LogP contribution in [0.2, 0.25) is 5.02 Å². The summed E-state index contributed by atoms with van der Waals surface area (Å²) in [6.07, 6.45) is 2.61. The minimum atomic E-state index is -0.977. The first-order valence-electron chi connectivity index (χ1n) is 17.7. The van der Waals surface area contributed by atoms with Crippen molar-refractivity contribution in [3.8, 4) is 5.00 Å². The van der Waals surface area contributed by atoms with E-state index in [0.717, 1.165) is 50.0 Å². The summed E-state index contributed by atoms with van der Waals surface area (Å²) in [4.78, 5) is 60.4. The maximum absolute atomic E-state index is 13.7. The van der Waals surface area contributed by atoms with E-state index in [-0.39, 0.29) is 24.7 Å². The number of aliphatic imine (C=N–C) groups is 1. The quantitative estimate of drug-likeness (QED) is 0.209. The average Bonchev–Trinajstić information content (AvgIpc) is 3.83. The second kappa shape index (κ2) is 14.7. The molecule has 1 fully saturated rings. The van der Waals surface area contributed by atoms with Crippen LogP contribution >= 0.6 is 22.9 Å². The predicted molar refractivity (Wildman–Crippen MR) is 205 cm³/mol. The Kier molecular flexibility index (Phi) is 10.0. The Bertz CT molecular complexity index is 2350. The fraction of sp³-hybridized carbons (Fsp3) is 0.368. The standard InChI is InChI=1S/C38H40ClN9O4S/c1-6-30(49)43-36(51)21(3)48-37(52)33-26(18-41-48)8-7-9-29(33)46-15-14-24(19-46)17-40-31(50)16-28-35-45-44-23(5)47(35)38-32(20(2)22(4)53-38)34(42-28)25-10-12-27(39)13-11-25/h7-13,18,21,24,28H,6,14-17,19H2,1-5H3,(H,40,50)(H,43,49,51)/t21?,24?,28-/m0/s1. The molecule has 274 valence electrons. The molecule has 1 saturated heterocycles. The van der Waals surface area contributed by atoms with Crippen LogP contribution in [0.25, 0.3) is 15.8 Å². The topological polar surface area (TPSA) is 156 Å². The van der Waals surface area contributed by atoms with Gasteiger partial charge in [-0.25, -0.2) is 4.68 Å². The molecule has 0 radical (unpaired) electrons. The SMILES string of the molecule is CCC(=O)NC(=O)C(C)n1ncc2cccc(N3CCC(CNC(=O)C[C@@H]4N=C(c5ccc(Cl)cc5)c5c(sc(C)c5C)-n5c(C)nnc54)C3)c2c1=O. The van der Waals surface area contributed by atoms with E-state index in [0.29, 0.717) is 41.3 Å². The van der Waals surface area contributed by atoms with Crippen LogP contribution in [0.3, 0.4) is 0 Å². The van der Waals surface area contributed by atoms with Gasteiger partial charge < -0.3 is 10.2 Å². The van der Waals surface area contributed by atoms with E-state index < -0.39 is 29.5 Å². The van der Waals surface area contributed by atoms with Gasteiger partial charge in [0.15, 0.2) is 5.82 Å². The van der Waals surface area contributed by atoms with Crippen molar-refractivity contribution in [2.24, 2.45) is 10.9 Å². The smallest absolute Gasteiger partial charge is 0.277 e. The summed E-state index contributed by atoms with van der Waals surface area (Å²) in [5, 5.41) is 21.3. The van der Waals surface area contributed by atoms with E-state index in [1.807, 2.05) is 54.0 Å². The summed E-state index contributed by atoms with van der Waals surface area (Å²) in [7, 11) is 0. The van der Waals surface area contributed by atoms with Crippen molar-refractivity contribution < 1.29 is 14.4 Å². The van der Waals surface area contributed by atoms with Crippen molar-refractivity contribution in [3.05, 3.63) is 97.3 Å². The lowest BCUT2D eigenvalue weighted by molar-refractivity contribution is -0.132. The molecule has 2 aromatic carbocycles. The highest BCUT2D eigenvalue weighted by atomic mass is 35.5. The van der Waals surface area contributed by atoms with Crippen LogP contribution in [0.15, 0.2) is 58.4 Å². The van der Waals surface area contributed by atoms with Gasteiger partial charge in [-0.3, -0.25) is 34.1 Å². The molecule has 2 unspecified atom stereocenters. The number of carbonyl (C=O) groups excluding carboxylic acids is 3. The maximum atomic E-state index is 13.7. The second-order valence-corrected chi connectivity index (χ2v) is 15.2. The molecular weight excluding hydrogens is 714 g/mol. The van der Waals surface area contributed by atoms with Crippen molar-refractivity contribution in [2.75, 3.05) is 24.5 Å². The van der Waals surface area contributed by atoms with Gasteiger partial charge >= 0.3 is 0 Å². The first-order chi connectivity index (χ1) is 25.4. The Morgan fingerprint density at radius 3 is 2.58 bits per heavy atom. The number of aryl methyl sites for hydroxylation is 2. The van der Waals surface area contributed by atoms with Crippen LogP contribution < -0.4 is 21.1 Å². The van der Waals surface area contributed by atoms with Crippen LogP contribution in [-0.4, -0.2) is 67.6 Å². The molecule has 2 aliphatic rings. The molecule has 2 aliphatic heterocycles. The lowest BCUT2D eigenvalue weighted by Gasteiger charge is -2.22. The van der Waals surface area contributed by atoms with E-state index in [1.165, 1.54) is 4.88 Å². The molecule has 0 saturated carbocycles. The minimum Gasteiger partial charge on any atom is -0.371 e. The number of anilines is 1. The normalized spacial score (nSPS) is 17.2. The van der Waals surface area contributed by atoms with Crippen LogP contribution in [-0.2, 0) is 14.4 Å². The van der Waals surface area contributed by atoms with E-state index in [4.69, 9.17) is 16.6 Å². The number of aromatic nitrogens is 5. The third-order valence-electron chi connectivity index (χ3n) is 10.1. The molecular formula is C38H40ClN9O4S. The molecule has 53 heavy (non-hydrogen) atoms. The Morgan fingerprint density at radius 1 is 1.06 bits per heavy atom. The summed E-state index contributed by atoms with van der Waals surface area (Å²) >= 11 is 7.91. The fourth-order valence-electron chi connectivity index (χ4n) is 7.03. The van der Waals surface area contributed by atoms with E-state index in [2.05, 4.69) is 44.7 Å². The third kappa shape index (κ3) is 6.88. The minimum absolute atomic E-state index is 0.0874. The number of thiophene rings is 1. The molecule has 13 nitrogen and oxygen atoms in total. The number of nitrogens with zero attached hydrogens (tertiary/aromatic N) is 7.